The van der Waals surface area contributed by atoms with E-state index in [9.17, 15) is 4.79 Å². The van der Waals surface area contributed by atoms with Crippen molar-refractivity contribution in [2.24, 2.45) is 0 Å². The maximum Gasteiger partial charge on any atom is 0.398 e. The second-order valence-electron chi connectivity index (χ2n) is 2.45. The minimum atomic E-state index is -0.138. The monoisotopic (exact) mass is 162 g/mol. The first kappa shape index (κ1) is 6.84. The van der Waals surface area contributed by atoms with Crippen LogP contribution < -0.4 is 10.7 Å². The first-order valence-electron chi connectivity index (χ1n) is 3.61. The maximum absolute atomic E-state index is 11.1. The molecule has 2 rings (SSSR count). The molecule has 12 heavy (non-hydrogen) atoms. The number of aromatic amines is 3. The third kappa shape index (κ3) is 1.03. The molecular weight excluding hydrogens is 154 g/mol. The first-order chi connectivity index (χ1) is 5.88. The molecular formula is C8H8N3O+. The number of H-pyrrole nitrogens is 3. The van der Waals surface area contributed by atoms with E-state index in [1.54, 1.807) is 0 Å². The molecule has 0 aliphatic heterocycles. The van der Waals surface area contributed by atoms with Crippen molar-refractivity contribution in [2.45, 2.75) is 0 Å². The summed E-state index contributed by atoms with van der Waals surface area (Å²) in [5, 5.41) is 7.69. The van der Waals surface area contributed by atoms with Crippen molar-refractivity contribution >= 4 is 0 Å². The fourth-order valence-corrected chi connectivity index (χ4v) is 1.08. The van der Waals surface area contributed by atoms with Gasteiger partial charge in [0.15, 0.2) is 0 Å². The van der Waals surface area contributed by atoms with Crippen molar-refractivity contribution in [1.29, 1.82) is 0 Å². The predicted molar refractivity (Wildman–Crippen MR) is 43.4 cm³/mol. The zero-order valence-electron chi connectivity index (χ0n) is 6.29. The van der Waals surface area contributed by atoms with E-state index in [1.165, 1.54) is 0 Å². The Morgan fingerprint density at radius 1 is 1.17 bits per heavy atom. The van der Waals surface area contributed by atoms with Crippen LogP contribution >= 0.6 is 0 Å². The molecule has 4 nitrogen and oxygen atoms in total. The van der Waals surface area contributed by atoms with Gasteiger partial charge in [-0.3, -0.25) is 0 Å². The Hall–Kier alpha value is -1.84. The molecule has 0 spiro atoms. The second kappa shape index (κ2) is 2.65. The molecule has 4 heteroatoms. The topological polar surface area (TPSA) is 62.8 Å². The number of nitrogens with one attached hydrogen (secondary N) is 3. The van der Waals surface area contributed by atoms with E-state index in [0.29, 0.717) is 5.69 Å². The number of benzene rings is 1. The van der Waals surface area contributed by atoms with Crippen molar-refractivity contribution in [3.8, 4) is 11.3 Å². The van der Waals surface area contributed by atoms with E-state index >= 15 is 0 Å². The summed E-state index contributed by atoms with van der Waals surface area (Å²) in [5.41, 5.74) is 1.29. The highest BCUT2D eigenvalue weighted by molar-refractivity contribution is 5.53. The van der Waals surface area contributed by atoms with Crippen LogP contribution in [0.3, 0.4) is 0 Å². The molecule has 3 N–H and O–H groups in total. The van der Waals surface area contributed by atoms with E-state index in [-0.39, 0.29) is 5.56 Å². The third-order valence-electron chi connectivity index (χ3n) is 1.65. The molecule has 0 unspecified atom stereocenters. The van der Waals surface area contributed by atoms with Crippen LogP contribution in [0.4, 0.5) is 0 Å². The van der Waals surface area contributed by atoms with E-state index in [0.717, 1.165) is 5.56 Å². The highest BCUT2D eigenvalue weighted by Gasteiger charge is 2.08. The molecule has 2 aromatic rings. The van der Waals surface area contributed by atoms with Gasteiger partial charge in [0.1, 0.15) is 0 Å². The normalized spacial score (nSPS) is 10.0. The van der Waals surface area contributed by atoms with E-state index in [4.69, 9.17) is 0 Å². The molecule has 0 saturated carbocycles. The van der Waals surface area contributed by atoms with Gasteiger partial charge < -0.3 is 0 Å². The molecule has 0 aliphatic carbocycles. The van der Waals surface area contributed by atoms with Gasteiger partial charge in [-0.05, 0) is 0 Å². The van der Waals surface area contributed by atoms with Gasteiger partial charge in [0.25, 0.3) is 0 Å². The van der Waals surface area contributed by atoms with Crippen LogP contribution in [0.25, 0.3) is 11.3 Å². The Kier molecular flexibility index (Phi) is 1.51. The molecule has 60 valence electrons. The number of hydrogen-bond acceptors (Lipinski definition) is 1. The number of hydrogen-bond donors (Lipinski definition) is 2. The lowest BCUT2D eigenvalue weighted by molar-refractivity contribution is -0.443. The molecule has 0 bridgehead atoms. The Balaban J connectivity index is 2.59. The lowest BCUT2D eigenvalue weighted by Gasteiger charge is -1.87. The van der Waals surface area contributed by atoms with Crippen molar-refractivity contribution in [3.05, 3.63) is 40.7 Å². The van der Waals surface area contributed by atoms with Crippen molar-refractivity contribution < 1.29 is 5.10 Å². The molecule has 0 saturated heterocycles. The van der Waals surface area contributed by atoms with Crippen LogP contribution in [-0.4, -0.2) is 10.3 Å². The first-order valence-corrected chi connectivity index (χ1v) is 3.61. The van der Waals surface area contributed by atoms with Gasteiger partial charge in [-0.2, -0.15) is 5.10 Å². The van der Waals surface area contributed by atoms with Gasteiger partial charge in [-0.25, -0.2) is 4.79 Å². The molecule has 1 aromatic carbocycles. The van der Waals surface area contributed by atoms with Crippen molar-refractivity contribution in [1.82, 2.24) is 10.3 Å². The third-order valence-corrected chi connectivity index (χ3v) is 1.65. The highest BCUT2D eigenvalue weighted by atomic mass is 16.1. The molecule has 0 aliphatic rings. The molecule has 0 fully saturated rings. The van der Waals surface area contributed by atoms with Crippen molar-refractivity contribution in [2.75, 3.05) is 0 Å². The van der Waals surface area contributed by atoms with E-state index in [1.807, 2.05) is 30.3 Å². The highest BCUT2D eigenvalue weighted by Crippen LogP contribution is 2.07. The summed E-state index contributed by atoms with van der Waals surface area (Å²) >= 11 is 0. The Labute approximate surface area is 68.2 Å². The zero-order chi connectivity index (χ0) is 8.39. The summed E-state index contributed by atoms with van der Waals surface area (Å²) in [6.07, 6.45) is 0. The molecule has 0 atom stereocenters. The Bertz CT molecular complexity index is 415. The van der Waals surface area contributed by atoms with Crippen LogP contribution in [0.1, 0.15) is 0 Å². The quantitative estimate of drug-likeness (QED) is 0.617. The molecule has 1 aromatic heterocycles. The van der Waals surface area contributed by atoms with E-state index < -0.39 is 0 Å². The minimum absolute atomic E-state index is 0.138. The maximum atomic E-state index is 11.1. The molecule has 0 radical (unpaired) electrons. The fraction of sp³-hybridized carbons (Fsp3) is 0. The summed E-state index contributed by atoms with van der Waals surface area (Å²) < 4.78 is 0. The van der Waals surface area contributed by atoms with Crippen LogP contribution in [-0.2, 0) is 0 Å². The van der Waals surface area contributed by atoms with E-state index in [2.05, 4.69) is 15.4 Å². The van der Waals surface area contributed by atoms with Gasteiger partial charge >= 0.3 is 5.56 Å². The lowest BCUT2D eigenvalue weighted by atomic mass is 10.2. The van der Waals surface area contributed by atoms with Gasteiger partial charge in [0, 0.05) is 5.56 Å². The zero-order valence-corrected chi connectivity index (χ0v) is 6.29. The predicted octanol–water partition coefficient (Wildman–Crippen LogP) is 0.184. The van der Waals surface area contributed by atoms with Gasteiger partial charge in [0.05, 0.1) is 0 Å². The number of aromatic nitrogens is 3. The average Bonchev–Trinajstić information content (AvgIpc) is 2.53. The van der Waals surface area contributed by atoms with Gasteiger partial charge in [-0.1, -0.05) is 30.3 Å². The van der Waals surface area contributed by atoms with Crippen molar-refractivity contribution in [3.63, 3.8) is 0 Å². The minimum Gasteiger partial charge on any atom is -0.235 e. The van der Waals surface area contributed by atoms with Crippen LogP contribution in [0, 0.1) is 0 Å². The summed E-state index contributed by atoms with van der Waals surface area (Å²) in [6.45, 7) is 0. The largest absolute Gasteiger partial charge is 0.398 e. The fourth-order valence-electron chi connectivity index (χ4n) is 1.08. The second-order valence-corrected chi connectivity index (χ2v) is 2.45. The number of rotatable bonds is 1. The van der Waals surface area contributed by atoms with Gasteiger partial charge in [-0.15, -0.1) is 10.3 Å². The summed E-state index contributed by atoms with van der Waals surface area (Å²) in [7, 11) is 0. The average molecular weight is 162 g/mol. The lowest BCUT2D eigenvalue weighted by Crippen LogP contribution is -2.10. The van der Waals surface area contributed by atoms with Gasteiger partial charge in [0.2, 0.25) is 5.69 Å². The summed E-state index contributed by atoms with van der Waals surface area (Å²) in [6, 6.07) is 9.42. The summed E-state index contributed by atoms with van der Waals surface area (Å²) in [4.78, 5) is 11.1. The standard InChI is InChI=1S/C8H7N3O/c12-8-7(9-11-10-8)6-4-2-1-3-5-6/h1-5H,(H2,9,10,11,12)/p+1. The molecule has 1 heterocycles. The van der Waals surface area contributed by atoms with Crippen LogP contribution in [0.15, 0.2) is 35.1 Å². The van der Waals surface area contributed by atoms with Crippen LogP contribution in [0.2, 0.25) is 0 Å². The summed E-state index contributed by atoms with van der Waals surface area (Å²) in [5.74, 6) is 0. The Morgan fingerprint density at radius 2 is 1.92 bits per heavy atom. The SMILES string of the molecule is O=c1[nH][nH][nH+]c1-c1ccccc1. The Morgan fingerprint density at radius 3 is 2.50 bits per heavy atom. The smallest absolute Gasteiger partial charge is 0.235 e. The van der Waals surface area contributed by atoms with Crippen LogP contribution in [0.5, 0.6) is 0 Å². The molecule has 0 amide bonds.